The van der Waals surface area contributed by atoms with Crippen LogP contribution in [0, 0.1) is 0 Å². The van der Waals surface area contributed by atoms with Crippen LogP contribution in [0.4, 0.5) is 0 Å². The molecule has 1 N–H and O–H groups in total. The number of hydrogen-bond donors (Lipinski definition) is 1. The lowest BCUT2D eigenvalue weighted by Gasteiger charge is -2.46. The topological polar surface area (TPSA) is 24.5 Å². The zero-order valence-corrected chi connectivity index (χ0v) is 14.3. The van der Waals surface area contributed by atoms with Crippen molar-refractivity contribution in [1.82, 2.24) is 10.2 Å². The maximum absolute atomic E-state index is 5.90. The van der Waals surface area contributed by atoms with Gasteiger partial charge in [0, 0.05) is 11.6 Å². The van der Waals surface area contributed by atoms with Crippen LogP contribution in [0.25, 0.3) is 0 Å². The maximum atomic E-state index is 5.90. The molecular formula is C16H36N2O. The first kappa shape index (κ1) is 18.9. The van der Waals surface area contributed by atoms with Crippen molar-refractivity contribution in [3.63, 3.8) is 0 Å². The fraction of sp³-hybridized carbons (Fsp3) is 1.00. The highest BCUT2D eigenvalue weighted by Gasteiger charge is 2.36. The number of nitrogens with zero attached hydrogens (tertiary/aromatic N) is 1. The molecule has 19 heavy (non-hydrogen) atoms. The third kappa shape index (κ3) is 5.80. The largest absolute Gasteiger partial charge is 0.377 e. The molecule has 0 aliphatic heterocycles. The van der Waals surface area contributed by atoms with Crippen LogP contribution in [0.1, 0.15) is 61.3 Å². The Morgan fingerprint density at radius 3 is 2.05 bits per heavy atom. The average molecular weight is 272 g/mol. The van der Waals surface area contributed by atoms with Gasteiger partial charge in [-0.05, 0) is 53.2 Å². The SMILES string of the molecule is CCCNC(COC(C)C)C(C)(CC)N(CC)CC. The van der Waals surface area contributed by atoms with Crippen molar-refractivity contribution in [3.05, 3.63) is 0 Å². The second kappa shape index (κ2) is 9.73. The van der Waals surface area contributed by atoms with Gasteiger partial charge in [0.25, 0.3) is 0 Å². The Kier molecular flexibility index (Phi) is 9.67. The highest BCUT2D eigenvalue weighted by Crippen LogP contribution is 2.24. The highest BCUT2D eigenvalue weighted by atomic mass is 16.5. The van der Waals surface area contributed by atoms with Gasteiger partial charge in [0.05, 0.1) is 12.7 Å². The summed E-state index contributed by atoms with van der Waals surface area (Å²) in [5, 5.41) is 3.70. The van der Waals surface area contributed by atoms with Gasteiger partial charge in [0.2, 0.25) is 0 Å². The third-order valence-corrected chi connectivity index (χ3v) is 4.19. The molecule has 0 rings (SSSR count). The summed E-state index contributed by atoms with van der Waals surface area (Å²) in [6.45, 7) is 19.6. The quantitative estimate of drug-likeness (QED) is 0.624. The molecule has 0 saturated carbocycles. The van der Waals surface area contributed by atoms with Gasteiger partial charge in [-0.15, -0.1) is 0 Å². The van der Waals surface area contributed by atoms with Crippen LogP contribution in [-0.4, -0.2) is 48.8 Å². The van der Waals surface area contributed by atoms with E-state index in [1.54, 1.807) is 0 Å². The van der Waals surface area contributed by atoms with E-state index in [9.17, 15) is 0 Å². The van der Waals surface area contributed by atoms with Crippen LogP contribution < -0.4 is 5.32 Å². The van der Waals surface area contributed by atoms with E-state index in [0.717, 1.165) is 39.1 Å². The predicted octanol–water partition coefficient (Wildman–Crippen LogP) is 3.29. The zero-order chi connectivity index (χ0) is 14.9. The number of hydrogen-bond acceptors (Lipinski definition) is 3. The van der Waals surface area contributed by atoms with Crippen LogP contribution >= 0.6 is 0 Å². The summed E-state index contributed by atoms with van der Waals surface area (Å²) in [5.41, 5.74) is 0.160. The van der Waals surface area contributed by atoms with Gasteiger partial charge >= 0.3 is 0 Å². The minimum Gasteiger partial charge on any atom is -0.377 e. The van der Waals surface area contributed by atoms with E-state index in [4.69, 9.17) is 4.74 Å². The molecule has 0 aromatic heterocycles. The molecule has 3 heteroatoms. The van der Waals surface area contributed by atoms with Gasteiger partial charge in [0.1, 0.15) is 0 Å². The predicted molar refractivity (Wildman–Crippen MR) is 84.8 cm³/mol. The molecule has 2 unspecified atom stereocenters. The molecule has 0 aromatic carbocycles. The fourth-order valence-electron chi connectivity index (χ4n) is 2.70. The second-order valence-electron chi connectivity index (χ2n) is 5.77. The summed E-state index contributed by atoms with van der Waals surface area (Å²) in [5.74, 6) is 0. The van der Waals surface area contributed by atoms with Gasteiger partial charge in [-0.3, -0.25) is 4.90 Å². The Balaban J connectivity index is 4.91. The van der Waals surface area contributed by atoms with Gasteiger partial charge in [-0.1, -0.05) is 27.7 Å². The lowest BCUT2D eigenvalue weighted by atomic mass is 9.87. The second-order valence-corrected chi connectivity index (χ2v) is 5.77. The van der Waals surface area contributed by atoms with Crippen molar-refractivity contribution in [3.8, 4) is 0 Å². The first-order chi connectivity index (χ1) is 8.96. The summed E-state index contributed by atoms with van der Waals surface area (Å²) >= 11 is 0. The summed E-state index contributed by atoms with van der Waals surface area (Å²) in [4.78, 5) is 2.56. The lowest BCUT2D eigenvalue weighted by molar-refractivity contribution is -0.00237. The Hall–Kier alpha value is -0.120. The molecule has 0 aromatic rings. The van der Waals surface area contributed by atoms with E-state index in [1.165, 1.54) is 0 Å². The molecule has 0 heterocycles. The molecule has 3 nitrogen and oxygen atoms in total. The Morgan fingerprint density at radius 1 is 1.11 bits per heavy atom. The van der Waals surface area contributed by atoms with E-state index in [-0.39, 0.29) is 5.54 Å². The monoisotopic (exact) mass is 272 g/mol. The summed E-state index contributed by atoms with van der Waals surface area (Å²) in [6, 6.07) is 0.389. The van der Waals surface area contributed by atoms with Crippen LogP contribution in [0.3, 0.4) is 0 Å². The summed E-state index contributed by atoms with van der Waals surface area (Å²) in [6.07, 6.45) is 2.59. The molecule has 2 atom stereocenters. The van der Waals surface area contributed by atoms with E-state index < -0.39 is 0 Å². The van der Waals surface area contributed by atoms with Crippen LogP contribution in [0.15, 0.2) is 0 Å². The molecule has 0 amide bonds. The number of likely N-dealkylation sites (N-methyl/N-ethyl adjacent to an activating group) is 1. The summed E-state index contributed by atoms with van der Waals surface area (Å²) in [7, 11) is 0. The molecule has 0 fully saturated rings. The van der Waals surface area contributed by atoms with Gasteiger partial charge in [-0.2, -0.15) is 0 Å². The minimum absolute atomic E-state index is 0.160. The van der Waals surface area contributed by atoms with Crippen molar-refractivity contribution in [2.24, 2.45) is 0 Å². The van der Waals surface area contributed by atoms with Crippen LogP contribution in [-0.2, 0) is 4.74 Å². The first-order valence-electron chi connectivity index (χ1n) is 8.06. The van der Waals surface area contributed by atoms with Crippen molar-refractivity contribution >= 4 is 0 Å². The lowest BCUT2D eigenvalue weighted by Crippen LogP contribution is -2.61. The van der Waals surface area contributed by atoms with E-state index in [0.29, 0.717) is 12.1 Å². The Morgan fingerprint density at radius 2 is 1.68 bits per heavy atom. The Labute approximate surface area is 121 Å². The van der Waals surface area contributed by atoms with Crippen molar-refractivity contribution in [2.75, 3.05) is 26.2 Å². The third-order valence-electron chi connectivity index (χ3n) is 4.19. The van der Waals surface area contributed by atoms with Crippen LogP contribution in [0.2, 0.25) is 0 Å². The van der Waals surface area contributed by atoms with Gasteiger partial charge in [0.15, 0.2) is 0 Å². The van der Waals surface area contributed by atoms with Crippen LogP contribution in [0.5, 0.6) is 0 Å². The van der Waals surface area contributed by atoms with E-state index >= 15 is 0 Å². The smallest absolute Gasteiger partial charge is 0.0641 e. The normalized spacial score (nSPS) is 16.9. The highest BCUT2D eigenvalue weighted by molar-refractivity contribution is 4.96. The van der Waals surface area contributed by atoms with E-state index in [1.807, 2.05) is 0 Å². The number of nitrogens with one attached hydrogen (secondary N) is 1. The minimum atomic E-state index is 0.160. The molecule has 116 valence electrons. The van der Waals surface area contributed by atoms with Crippen molar-refractivity contribution in [2.45, 2.75) is 79.0 Å². The Bertz CT molecular complexity index is 217. The maximum Gasteiger partial charge on any atom is 0.0641 e. The molecule has 0 spiro atoms. The van der Waals surface area contributed by atoms with Gasteiger partial charge in [-0.25, -0.2) is 0 Å². The molecule has 0 bridgehead atoms. The van der Waals surface area contributed by atoms with Crippen molar-refractivity contribution < 1.29 is 4.74 Å². The number of rotatable bonds is 11. The summed E-state index contributed by atoms with van der Waals surface area (Å²) < 4.78 is 5.90. The van der Waals surface area contributed by atoms with Gasteiger partial charge < -0.3 is 10.1 Å². The molecule has 0 aliphatic carbocycles. The average Bonchev–Trinajstić information content (AvgIpc) is 2.39. The zero-order valence-electron chi connectivity index (χ0n) is 14.3. The number of ether oxygens (including phenoxy) is 1. The molecule has 0 aliphatic rings. The molecule has 0 saturated heterocycles. The van der Waals surface area contributed by atoms with Crippen molar-refractivity contribution in [1.29, 1.82) is 0 Å². The standard InChI is InChI=1S/C16H36N2O/c1-8-12-17-15(13-19-14(5)6)16(7,9-2)18(10-3)11-4/h14-15,17H,8-13H2,1-7H3. The van der Waals surface area contributed by atoms with E-state index in [2.05, 4.69) is 58.7 Å². The molecule has 0 radical (unpaired) electrons. The fourth-order valence-corrected chi connectivity index (χ4v) is 2.70. The molecular weight excluding hydrogens is 236 g/mol. The first-order valence-corrected chi connectivity index (χ1v) is 8.06.